The predicted molar refractivity (Wildman–Crippen MR) is 111 cm³/mol. The molecule has 1 heterocycles. The van der Waals surface area contributed by atoms with E-state index >= 15 is 0 Å². The summed E-state index contributed by atoms with van der Waals surface area (Å²) in [4.78, 5) is 25.3. The summed E-state index contributed by atoms with van der Waals surface area (Å²) in [5, 5.41) is 15.7. The number of anilines is 1. The number of hydrogen-bond donors (Lipinski definition) is 2. The first-order chi connectivity index (χ1) is 13.4. The Kier molecular flexibility index (Phi) is 4.29. The minimum absolute atomic E-state index is 0.0265. The minimum Gasteiger partial charge on any atom is -0.478 e. The molecule has 4 nitrogen and oxygen atoms in total. The van der Waals surface area contributed by atoms with Gasteiger partial charge < -0.3 is 10.4 Å². The Labute approximate surface area is 172 Å². The molecule has 0 saturated heterocycles. The molecule has 0 spiro atoms. The van der Waals surface area contributed by atoms with Crippen molar-refractivity contribution in [3.05, 3.63) is 40.2 Å². The highest BCUT2D eigenvalue weighted by Gasteiger charge is 2.54. The summed E-state index contributed by atoms with van der Waals surface area (Å²) < 4.78 is 0. The van der Waals surface area contributed by atoms with Gasteiger partial charge in [0.1, 0.15) is 10.6 Å². The molecule has 0 radical (unpaired) electrons. The molecule has 0 unspecified atom stereocenters. The lowest BCUT2D eigenvalue weighted by Gasteiger charge is -2.55. The van der Waals surface area contributed by atoms with Crippen LogP contribution in [0.3, 0.4) is 0 Å². The average Bonchev–Trinajstić information content (AvgIpc) is 3.05. The molecule has 4 saturated carbocycles. The van der Waals surface area contributed by atoms with E-state index in [1.54, 1.807) is 12.1 Å². The highest BCUT2D eigenvalue weighted by atomic mass is 35.5. The van der Waals surface area contributed by atoms with Gasteiger partial charge >= 0.3 is 5.97 Å². The fourth-order valence-corrected chi connectivity index (χ4v) is 7.21. The van der Waals surface area contributed by atoms with E-state index < -0.39 is 5.97 Å². The van der Waals surface area contributed by atoms with Crippen LogP contribution < -0.4 is 5.32 Å². The maximum absolute atomic E-state index is 13.3. The van der Waals surface area contributed by atoms with Crippen molar-refractivity contribution in [2.45, 2.75) is 38.5 Å². The number of amides is 1. The summed E-state index contributed by atoms with van der Waals surface area (Å²) in [6.07, 6.45) is 6.69. The summed E-state index contributed by atoms with van der Waals surface area (Å²) >= 11 is 7.24. The summed E-state index contributed by atoms with van der Waals surface area (Å²) in [5.74, 6) is 1.02. The number of thiophene rings is 1. The molecule has 1 aromatic heterocycles. The molecular weight excluding hydrogens is 394 g/mol. The first-order valence-corrected chi connectivity index (χ1v) is 11.1. The zero-order valence-electron chi connectivity index (χ0n) is 15.4. The number of aromatic carboxylic acids is 1. The molecule has 2 aromatic rings. The van der Waals surface area contributed by atoms with Crippen LogP contribution >= 0.6 is 22.9 Å². The fraction of sp³-hybridized carbons (Fsp3) is 0.455. The number of carbonyl (C=O) groups excluding carboxylic acids is 1. The van der Waals surface area contributed by atoms with E-state index in [9.17, 15) is 14.7 Å². The third-order valence-electron chi connectivity index (χ3n) is 6.91. The van der Waals surface area contributed by atoms with Crippen molar-refractivity contribution in [3.8, 4) is 11.1 Å². The number of hydrogen-bond acceptors (Lipinski definition) is 3. The molecule has 0 aliphatic heterocycles. The topological polar surface area (TPSA) is 66.4 Å². The van der Waals surface area contributed by atoms with Crippen LogP contribution in [0.4, 0.5) is 5.00 Å². The average molecular weight is 416 g/mol. The van der Waals surface area contributed by atoms with Gasteiger partial charge in [-0.3, -0.25) is 4.79 Å². The van der Waals surface area contributed by atoms with E-state index in [0.29, 0.717) is 33.3 Å². The second-order valence-corrected chi connectivity index (χ2v) is 10.1. The van der Waals surface area contributed by atoms with Crippen molar-refractivity contribution in [1.82, 2.24) is 0 Å². The number of carbonyl (C=O) groups is 2. The molecule has 6 rings (SSSR count). The van der Waals surface area contributed by atoms with Crippen molar-refractivity contribution in [1.29, 1.82) is 0 Å². The van der Waals surface area contributed by atoms with Crippen LogP contribution in [0.1, 0.15) is 48.9 Å². The minimum atomic E-state index is -1.02. The highest BCUT2D eigenvalue weighted by molar-refractivity contribution is 7.15. The van der Waals surface area contributed by atoms with Crippen molar-refractivity contribution in [2.75, 3.05) is 5.32 Å². The van der Waals surface area contributed by atoms with Gasteiger partial charge in [-0.2, -0.15) is 0 Å². The van der Waals surface area contributed by atoms with Crippen molar-refractivity contribution in [2.24, 2.45) is 23.2 Å². The quantitative estimate of drug-likeness (QED) is 0.651. The van der Waals surface area contributed by atoms with Gasteiger partial charge in [-0.25, -0.2) is 4.79 Å². The molecule has 28 heavy (non-hydrogen) atoms. The van der Waals surface area contributed by atoms with E-state index in [1.807, 2.05) is 17.5 Å². The second-order valence-electron chi connectivity index (χ2n) is 8.82. The van der Waals surface area contributed by atoms with Crippen LogP contribution in [-0.2, 0) is 4.79 Å². The van der Waals surface area contributed by atoms with Gasteiger partial charge in [0, 0.05) is 16.0 Å². The van der Waals surface area contributed by atoms with Gasteiger partial charge in [0.2, 0.25) is 5.91 Å². The summed E-state index contributed by atoms with van der Waals surface area (Å²) in [6, 6.07) is 7.10. The highest BCUT2D eigenvalue weighted by Crippen LogP contribution is 2.60. The first-order valence-electron chi connectivity index (χ1n) is 9.86. The Morgan fingerprint density at radius 2 is 1.61 bits per heavy atom. The van der Waals surface area contributed by atoms with Crippen LogP contribution in [0.15, 0.2) is 29.6 Å². The summed E-state index contributed by atoms with van der Waals surface area (Å²) in [6.45, 7) is 0. The first kappa shape index (κ1) is 18.2. The van der Waals surface area contributed by atoms with Crippen LogP contribution in [0.25, 0.3) is 11.1 Å². The van der Waals surface area contributed by atoms with Crippen LogP contribution in [0.5, 0.6) is 0 Å². The lowest BCUT2D eigenvalue weighted by Crippen LogP contribution is -2.51. The van der Waals surface area contributed by atoms with E-state index in [0.717, 1.165) is 24.8 Å². The molecule has 146 valence electrons. The third kappa shape index (κ3) is 2.96. The van der Waals surface area contributed by atoms with Crippen LogP contribution in [-0.4, -0.2) is 17.0 Å². The van der Waals surface area contributed by atoms with Crippen LogP contribution in [0, 0.1) is 23.2 Å². The second kappa shape index (κ2) is 6.60. The monoisotopic (exact) mass is 415 g/mol. The van der Waals surface area contributed by atoms with Gasteiger partial charge in [-0.05, 0) is 74.0 Å². The Hall–Kier alpha value is -1.85. The Morgan fingerprint density at radius 3 is 2.14 bits per heavy atom. The number of carboxylic acids is 1. The Morgan fingerprint density at radius 1 is 1.04 bits per heavy atom. The van der Waals surface area contributed by atoms with Gasteiger partial charge in [-0.1, -0.05) is 23.7 Å². The van der Waals surface area contributed by atoms with Crippen molar-refractivity contribution in [3.63, 3.8) is 0 Å². The molecule has 4 aliphatic rings. The lowest BCUT2D eigenvalue weighted by molar-refractivity contribution is -0.140. The van der Waals surface area contributed by atoms with E-state index in [-0.39, 0.29) is 16.9 Å². The van der Waals surface area contributed by atoms with E-state index in [2.05, 4.69) is 5.32 Å². The molecule has 4 bridgehead atoms. The van der Waals surface area contributed by atoms with Gasteiger partial charge in [0.15, 0.2) is 0 Å². The lowest BCUT2D eigenvalue weighted by atomic mass is 9.49. The number of halogens is 1. The Balaban J connectivity index is 1.45. The molecule has 1 amide bonds. The molecule has 0 atom stereocenters. The molecule has 1 aromatic carbocycles. The molecule has 4 aliphatic carbocycles. The largest absolute Gasteiger partial charge is 0.478 e. The summed E-state index contributed by atoms with van der Waals surface area (Å²) in [7, 11) is 0. The third-order valence-corrected chi connectivity index (χ3v) is 8.05. The van der Waals surface area contributed by atoms with Crippen molar-refractivity contribution >= 4 is 39.8 Å². The smallest absolute Gasteiger partial charge is 0.339 e. The maximum Gasteiger partial charge on any atom is 0.339 e. The van der Waals surface area contributed by atoms with E-state index in [1.165, 1.54) is 30.6 Å². The zero-order valence-corrected chi connectivity index (χ0v) is 17.0. The Bertz CT molecular complexity index is 914. The van der Waals surface area contributed by atoms with Gasteiger partial charge in [-0.15, -0.1) is 11.3 Å². The predicted octanol–water partition coefficient (Wildman–Crippen LogP) is 5.92. The maximum atomic E-state index is 13.3. The molecular formula is C22H22ClNO3S. The molecule has 4 fully saturated rings. The van der Waals surface area contributed by atoms with Gasteiger partial charge in [0.05, 0.1) is 5.41 Å². The summed E-state index contributed by atoms with van der Waals surface area (Å²) in [5.41, 5.74) is 1.28. The molecule has 6 heteroatoms. The van der Waals surface area contributed by atoms with Gasteiger partial charge in [0.25, 0.3) is 0 Å². The van der Waals surface area contributed by atoms with E-state index in [4.69, 9.17) is 11.6 Å². The number of carboxylic acid groups (broad SMARTS) is 1. The molecule has 2 N–H and O–H groups in total. The number of rotatable bonds is 4. The standard InChI is InChI=1S/C22H22ClNO3S/c23-16-3-1-15(2-4-16)17-11-28-19(18(17)20(25)26)24-21(27)22-8-12-5-13(9-22)7-14(6-12)10-22/h1-4,11-14H,5-10H2,(H,24,27)(H,25,26). The zero-order chi connectivity index (χ0) is 19.5. The normalized spacial score (nSPS) is 30.4. The number of benzene rings is 1. The van der Waals surface area contributed by atoms with Crippen molar-refractivity contribution < 1.29 is 14.7 Å². The van der Waals surface area contributed by atoms with Crippen LogP contribution in [0.2, 0.25) is 5.02 Å². The fourth-order valence-electron chi connectivity index (χ4n) is 6.13. The SMILES string of the molecule is O=C(O)c1c(-c2ccc(Cl)cc2)csc1NC(=O)C12CC3CC(CC(C3)C1)C2. The number of nitrogens with one attached hydrogen (secondary N) is 1.